The van der Waals surface area contributed by atoms with Crippen LogP contribution in [0.1, 0.15) is 25.0 Å². The van der Waals surface area contributed by atoms with Crippen molar-refractivity contribution in [3.8, 4) is 0 Å². The first kappa shape index (κ1) is 11.3. The molecular weight excluding hydrogens is 170 g/mol. The van der Waals surface area contributed by atoms with Gasteiger partial charge in [-0.05, 0) is 25.5 Å². The van der Waals surface area contributed by atoms with Crippen LogP contribution in [0, 0.1) is 12.8 Å². The molecule has 78 valence electrons. The van der Waals surface area contributed by atoms with Gasteiger partial charge in [-0.1, -0.05) is 43.7 Å². The Morgan fingerprint density at radius 3 is 2.57 bits per heavy atom. The highest BCUT2D eigenvalue weighted by Gasteiger charge is 2.02. The summed E-state index contributed by atoms with van der Waals surface area (Å²) >= 11 is 0. The number of benzene rings is 1. The Bertz CT molecular complexity index is 278. The molecule has 0 saturated heterocycles. The minimum Gasteiger partial charge on any atom is -0.302 e. The van der Waals surface area contributed by atoms with Gasteiger partial charge in [-0.2, -0.15) is 0 Å². The molecule has 0 fully saturated rings. The third-order valence-electron chi connectivity index (χ3n) is 2.21. The van der Waals surface area contributed by atoms with Crippen molar-refractivity contribution in [3.05, 3.63) is 35.4 Å². The van der Waals surface area contributed by atoms with E-state index >= 15 is 0 Å². The third-order valence-corrected chi connectivity index (χ3v) is 2.21. The van der Waals surface area contributed by atoms with Gasteiger partial charge in [-0.25, -0.2) is 0 Å². The summed E-state index contributed by atoms with van der Waals surface area (Å²) in [6, 6.07) is 8.74. The molecule has 0 atom stereocenters. The molecule has 0 aliphatic rings. The number of aryl methyl sites for hydroxylation is 1. The molecule has 1 aromatic carbocycles. The molecule has 0 amide bonds. The van der Waals surface area contributed by atoms with Crippen molar-refractivity contribution in [2.75, 3.05) is 13.6 Å². The maximum absolute atomic E-state index is 2.37. The van der Waals surface area contributed by atoms with Crippen LogP contribution in [0.4, 0.5) is 0 Å². The van der Waals surface area contributed by atoms with Crippen LogP contribution in [0.3, 0.4) is 0 Å². The molecule has 1 nitrogen and oxygen atoms in total. The number of nitrogens with zero attached hydrogens (tertiary/aromatic N) is 1. The summed E-state index contributed by atoms with van der Waals surface area (Å²) in [5.74, 6) is 0.741. The zero-order chi connectivity index (χ0) is 10.6. The second kappa shape index (κ2) is 5.16. The van der Waals surface area contributed by atoms with Crippen molar-refractivity contribution in [2.24, 2.45) is 5.92 Å². The minimum atomic E-state index is 0.741. The molecule has 1 heteroatoms. The topological polar surface area (TPSA) is 3.24 Å². The summed E-state index contributed by atoms with van der Waals surface area (Å²) in [5, 5.41) is 0. The molecular formula is C13H21N. The van der Waals surface area contributed by atoms with Crippen LogP contribution in [-0.2, 0) is 6.54 Å². The molecule has 0 aliphatic carbocycles. The molecule has 0 bridgehead atoms. The first-order chi connectivity index (χ1) is 6.58. The lowest BCUT2D eigenvalue weighted by Crippen LogP contribution is -2.22. The Balaban J connectivity index is 2.51. The molecule has 14 heavy (non-hydrogen) atoms. The Morgan fingerprint density at radius 2 is 2.00 bits per heavy atom. The van der Waals surface area contributed by atoms with Gasteiger partial charge >= 0.3 is 0 Å². The van der Waals surface area contributed by atoms with Crippen LogP contribution in [0.2, 0.25) is 0 Å². The lowest BCUT2D eigenvalue weighted by Gasteiger charge is -2.19. The molecule has 0 saturated carbocycles. The quantitative estimate of drug-likeness (QED) is 0.707. The first-order valence-corrected chi connectivity index (χ1v) is 5.32. The van der Waals surface area contributed by atoms with Gasteiger partial charge in [0.25, 0.3) is 0 Å². The second-order valence-electron chi connectivity index (χ2n) is 4.58. The Kier molecular flexibility index (Phi) is 4.15. The predicted octanol–water partition coefficient (Wildman–Crippen LogP) is 3.08. The van der Waals surface area contributed by atoms with E-state index in [0.717, 1.165) is 19.0 Å². The second-order valence-corrected chi connectivity index (χ2v) is 4.58. The van der Waals surface area contributed by atoms with E-state index in [-0.39, 0.29) is 0 Å². The van der Waals surface area contributed by atoms with Crippen LogP contribution in [0.5, 0.6) is 0 Å². The van der Waals surface area contributed by atoms with Gasteiger partial charge in [-0.3, -0.25) is 0 Å². The van der Waals surface area contributed by atoms with E-state index in [1.807, 2.05) is 0 Å². The highest BCUT2D eigenvalue weighted by atomic mass is 15.1. The zero-order valence-corrected chi connectivity index (χ0v) is 9.75. The fourth-order valence-corrected chi connectivity index (χ4v) is 1.81. The minimum absolute atomic E-state index is 0.741. The van der Waals surface area contributed by atoms with Crippen molar-refractivity contribution in [3.63, 3.8) is 0 Å². The summed E-state index contributed by atoms with van der Waals surface area (Å²) in [7, 11) is 2.18. The summed E-state index contributed by atoms with van der Waals surface area (Å²) in [4.78, 5) is 2.37. The molecule has 0 N–H and O–H groups in total. The predicted molar refractivity (Wildman–Crippen MR) is 62.4 cm³/mol. The van der Waals surface area contributed by atoms with Crippen LogP contribution in [0.15, 0.2) is 24.3 Å². The van der Waals surface area contributed by atoms with Gasteiger partial charge in [0.05, 0.1) is 0 Å². The van der Waals surface area contributed by atoms with E-state index in [9.17, 15) is 0 Å². The van der Waals surface area contributed by atoms with E-state index in [1.54, 1.807) is 0 Å². The van der Waals surface area contributed by atoms with E-state index in [1.165, 1.54) is 11.1 Å². The van der Waals surface area contributed by atoms with E-state index in [4.69, 9.17) is 0 Å². The number of hydrogen-bond donors (Lipinski definition) is 0. The van der Waals surface area contributed by atoms with Crippen molar-refractivity contribution in [1.29, 1.82) is 0 Å². The lowest BCUT2D eigenvalue weighted by atomic mass is 10.1. The van der Waals surface area contributed by atoms with E-state index in [0.29, 0.717) is 0 Å². The monoisotopic (exact) mass is 191 g/mol. The highest BCUT2D eigenvalue weighted by molar-refractivity contribution is 5.21. The molecule has 0 spiro atoms. The number of rotatable bonds is 4. The first-order valence-electron chi connectivity index (χ1n) is 5.32. The van der Waals surface area contributed by atoms with Crippen molar-refractivity contribution in [1.82, 2.24) is 4.90 Å². The smallest absolute Gasteiger partial charge is 0.0230 e. The van der Waals surface area contributed by atoms with Gasteiger partial charge in [-0.15, -0.1) is 0 Å². The average Bonchev–Trinajstić information content (AvgIpc) is 2.01. The fourth-order valence-electron chi connectivity index (χ4n) is 1.81. The molecule has 0 aromatic heterocycles. The molecule has 0 unspecified atom stereocenters. The Morgan fingerprint density at radius 1 is 1.29 bits per heavy atom. The van der Waals surface area contributed by atoms with Gasteiger partial charge in [0, 0.05) is 13.1 Å². The van der Waals surface area contributed by atoms with Crippen LogP contribution < -0.4 is 0 Å². The summed E-state index contributed by atoms with van der Waals surface area (Å²) in [6.45, 7) is 8.87. The largest absolute Gasteiger partial charge is 0.302 e. The maximum atomic E-state index is 2.37. The average molecular weight is 191 g/mol. The van der Waals surface area contributed by atoms with Crippen LogP contribution >= 0.6 is 0 Å². The van der Waals surface area contributed by atoms with Gasteiger partial charge in [0.2, 0.25) is 0 Å². The SMILES string of the molecule is Cc1cccc(CN(C)CC(C)C)c1. The molecule has 0 aliphatic heterocycles. The third kappa shape index (κ3) is 3.93. The fraction of sp³-hybridized carbons (Fsp3) is 0.538. The summed E-state index contributed by atoms with van der Waals surface area (Å²) in [5.41, 5.74) is 2.76. The lowest BCUT2D eigenvalue weighted by molar-refractivity contribution is 0.288. The Hall–Kier alpha value is -0.820. The standard InChI is InChI=1S/C13H21N/c1-11(2)9-14(4)10-13-7-5-6-12(3)8-13/h5-8,11H,9-10H2,1-4H3. The van der Waals surface area contributed by atoms with Crippen molar-refractivity contribution < 1.29 is 0 Å². The van der Waals surface area contributed by atoms with Crippen molar-refractivity contribution in [2.45, 2.75) is 27.3 Å². The Labute approximate surface area is 87.7 Å². The molecule has 0 heterocycles. The number of hydrogen-bond acceptors (Lipinski definition) is 1. The van der Waals surface area contributed by atoms with E-state index in [2.05, 4.69) is 57.0 Å². The van der Waals surface area contributed by atoms with Gasteiger partial charge in [0.1, 0.15) is 0 Å². The molecule has 1 aromatic rings. The normalized spacial score (nSPS) is 11.3. The summed E-state index contributed by atoms with van der Waals surface area (Å²) in [6.07, 6.45) is 0. The van der Waals surface area contributed by atoms with Gasteiger partial charge < -0.3 is 4.90 Å². The van der Waals surface area contributed by atoms with E-state index < -0.39 is 0 Å². The highest BCUT2D eigenvalue weighted by Crippen LogP contribution is 2.07. The maximum Gasteiger partial charge on any atom is 0.0230 e. The van der Waals surface area contributed by atoms with Gasteiger partial charge in [0.15, 0.2) is 0 Å². The van der Waals surface area contributed by atoms with Crippen LogP contribution in [-0.4, -0.2) is 18.5 Å². The van der Waals surface area contributed by atoms with Crippen LogP contribution in [0.25, 0.3) is 0 Å². The zero-order valence-electron chi connectivity index (χ0n) is 9.75. The van der Waals surface area contributed by atoms with Crippen molar-refractivity contribution >= 4 is 0 Å². The molecule has 1 rings (SSSR count). The summed E-state index contributed by atoms with van der Waals surface area (Å²) < 4.78 is 0. The molecule has 0 radical (unpaired) electrons.